The molecule has 0 amide bonds. The quantitative estimate of drug-likeness (QED) is 0.473. The summed E-state index contributed by atoms with van der Waals surface area (Å²) in [5, 5.41) is 22.2. The number of nitrogens with zero attached hydrogens (tertiary/aromatic N) is 6. The maximum absolute atomic E-state index is 15.0. The van der Waals surface area contributed by atoms with E-state index in [0.29, 0.717) is 23.4 Å². The number of aromatic hydroxyl groups is 1. The smallest absolute Gasteiger partial charge is 0.233 e. The van der Waals surface area contributed by atoms with E-state index in [1.54, 1.807) is 36.8 Å². The van der Waals surface area contributed by atoms with Crippen molar-refractivity contribution in [2.75, 3.05) is 0 Å². The summed E-state index contributed by atoms with van der Waals surface area (Å²) in [6.07, 6.45) is 7.20. The molecule has 10 heteroatoms. The third-order valence-corrected chi connectivity index (χ3v) is 5.99. The van der Waals surface area contributed by atoms with Crippen LogP contribution in [0.1, 0.15) is 34.1 Å². The topological polar surface area (TPSA) is 110 Å². The van der Waals surface area contributed by atoms with E-state index in [9.17, 15) is 5.11 Å². The number of fused-ring (bicyclic) bond motifs is 1. The average molecular weight is 464 g/mol. The minimum absolute atomic E-state index is 0.0568. The summed E-state index contributed by atoms with van der Waals surface area (Å²) >= 11 is 0. The fraction of sp³-hybridized carbons (Fsp3) is 0.375. The molecule has 1 fully saturated rings. The average Bonchev–Trinajstić information content (AvgIpc) is 3.25. The summed E-state index contributed by atoms with van der Waals surface area (Å²) in [5.41, 5.74) is 1.66. The summed E-state index contributed by atoms with van der Waals surface area (Å²) in [4.78, 5) is 12.9. The molecule has 0 unspecified atom stereocenters. The van der Waals surface area contributed by atoms with Gasteiger partial charge in [-0.2, -0.15) is 0 Å². The van der Waals surface area contributed by atoms with Crippen LogP contribution < -0.4 is 10.1 Å². The van der Waals surface area contributed by atoms with Gasteiger partial charge in [0.1, 0.15) is 23.2 Å². The van der Waals surface area contributed by atoms with E-state index in [2.05, 4.69) is 30.5 Å². The van der Waals surface area contributed by atoms with Gasteiger partial charge < -0.3 is 19.6 Å². The van der Waals surface area contributed by atoms with Crippen LogP contribution in [-0.2, 0) is 0 Å². The van der Waals surface area contributed by atoms with Crippen molar-refractivity contribution in [3.8, 4) is 34.3 Å². The Hall–Kier alpha value is -3.66. The number of rotatable bonds is 4. The first-order valence-corrected chi connectivity index (χ1v) is 11.0. The van der Waals surface area contributed by atoms with Gasteiger partial charge in [-0.25, -0.2) is 14.4 Å². The van der Waals surface area contributed by atoms with E-state index in [-0.39, 0.29) is 22.9 Å². The van der Waals surface area contributed by atoms with Gasteiger partial charge in [-0.3, -0.25) is 4.98 Å². The van der Waals surface area contributed by atoms with E-state index in [1.165, 1.54) is 0 Å². The molecule has 9 nitrogen and oxygen atoms in total. The number of nitrogens with one attached hydrogen (secondary N) is 1. The van der Waals surface area contributed by atoms with Gasteiger partial charge in [0.05, 0.1) is 11.9 Å². The normalized spacial score (nSPS) is 21.4. The first-order chi connectivity index (χ1) is 16.1. The number of ether oxygens (including phenoxy) is 1. The molecule has 0 bridgehead atoms. The van der Waals surface area contributed by atoms with Gasteiger partial charge in [0.2, 0.25) is 5.88 Å². The third-order valence-electron chi connectivity index (χ3n) is 5.99. The highest BCUT2D eigenvalue weighted by Gasteiger charge is 2.47. The summed E-state index contributed by atoms with van der Waals surface area (Å²) in [7, 11) is 0. The summed E-state index contributed by atoms with van der Waals surface area (Å²) in [6.45, 7) is 7.69. The lowest BCUT2D eigenvalue weighted by Gasteiger charge is -2.48. The van der Waals surface area contributed by atoms with Gasteiger partial charge in [0.15, 0.2) is 11.8 Å². The Kier molecular flexibility index (Phi) is 5.20. The lowest BCUT2D eigenvalue weighted by molar-refractivity contribution is -0.0281. The third kappa shape index (κ3) is 4.16. The highest BCUT2D eigenvalue weighted by Crippen LogP contribution is 2.34. The van der Waals surface area contributed by atoms with Crippen molar-refractivity contribution >= 4 is 5.65 Å². The highest BCUT2D eigenvalue weighted by molar-refractivity contribution is 5.68. The van der Waals surface area contributed by atoms with E-state index < -0.39 is 17.8 Å². The lowest BCUT2D eigenvalue weighted by atomic mass is 9.79. The Labute approximate surface area is 196 Å². The molecule has 1 aliphatic heterocycles. The van der Waals surface area contributed by atoms with Crippen molar-refractivity contribution in [2.24, 2.45) is 0 Å². The highest BCUT2D eigenvalue weighted by atomic mass is 19.1. The fourth-order valence-electron chi connectivity index (χ4n) is 4.59. The van der Waals surface area contributed by atoms with Gasteiger partial charge in [-0.15, -0.1) is 10.2 Å². The van der Waals surface area contributed by atoms with Crippen LogP contribution >= 0.6 is 0 Å². The fourth-order valence-corrected chi connectivity index (χ4v) is 4.59. The second-order valence-corrected chi connectivity index (χ2v) is 9.81. The molecule has 4 aromatic heterocycles. The molecule has 1 aliphatic rings. The Morgan fingerprint density at radius 1 is 1.09 bits per heavy atom. The molecule has 4 aromatic rings. The van der Waals surface area contributed by atoms with Gasteiger partial charge >= 0.3 is 0 Å². The van der Waals surface area contributed by atoms with Crippen molar-refractivity contribution in [1.29, 1.82) is 0 Å². The van der Waals surface area contributed by atoms with Crippen LogP contribution in [0, 0.1) is 0 Å². The standard InChI is InChI=1S/C24H26FN7O2/c1-23(2)10-18(22(25)24(3,4)31-23)34-20-6-5-15(29-30-20)21-17(33)9-14(11-28-21)16-13-32-8-7-26-19(32)12-27-16/h5-9,11-13,18,22,31,33H,10H2,1-4H3/t18-,22-/m0/s1. The van der Waals surface area contributed by atoms with Crippen LogP contribution in [0.5, 0.6) is 11.6 Å². The minimum Gasteiger partial charge on any atom is -0.506 e. The first-order valence-electron chi connectivity index (χ1n) is 11.0. The monoisotopic (exact) mass is 463 g/mol. The van der Waals surface area contributed by atoms with E-state index >= 15 is 4.39 Å². The second-order valence-electron chi connectivity index (χ2n) is 9.81. The zero-order valence-electron chi connectivity index (χ0n) is 19.4. The number of piperidine rings is 1. The van der Waals surface area contributed by atoms with Crippen molar-refractivity contribution in [2.45, 2.75) is 57.5 Å². The van der Waals surface area contributed by atoms with Gasteiger partial charge in [-0.05, 0) is 39.8 Å². The summed E-state index contributed by atoms with van der Waals surface area (Å²) in [6, 6.07) is 4.83. The number of aromatic nitrogens is 6. The van der Waals surface area contributed by atoms with Crippen LogP contribution in [0.3, 0.4) is 0 Å². The number of hydrogen-bond acceptors (Lipinski definition) is 8. The molecule has 34 heavy (non-hydrogen) atoms. The number of hydrogen-bond donors (Lipinski definition) is 2. The van der Waals surface area contributed by atoms with E-state index in [1.807, 2.05) is 44.5 Å². The zero-order valence-corrected chi connectivity index (χ0v) is 19.4. The van der Waals surface area contributed by atoms with Crippen molar-refractivity contribution < 1.29 is 14.2 Å². The van der Waals surface area contributed by atoms with Crippen molar-refractivity contribution in [1.82, 2.24) is 34.9 Å². The molecular weight excluding hydrogens is 437 g/mol. The molecule has 0 aromatic carbocycles. The molecule has 5 heterocycles. The Morgan fingerprint density at radius 2 is 1.91 bits per heavy atom. The molecule has 2 atom stereocenters. The molecule has 0 radical (unpaired) electrons. The number of halogens is 1. The van der Waals surface area contributed by atoms with Crippen LogP contribution in [0.4, 0.5) is 4.39 Å². The summed E-state index contributed by atoms with van der Waals surface area (Å²) in [5.74, 6) is 0.164. The Bertz CT molecular complexity index is 1340. The van der Waals surface area contributed by atoms with E-state index in [4.69, 9.17) is 4.74 Å². The first kappa shape index (κ1) is 22.1. The molecule has 1 saturated heterocycles. The van der Waals surface area contributed by atoms with Crippen LogP contribution in [-0.4, -0.2) is 58.0 Å². The predicted octanol–water partition coefficient (Wildman–Crippen LogP) is 3.59. The molecular formula is C24H26FN7O2. The number of pyridine rings is 1. The van der Waals surface area contributed by atoms with Crippen molar-refractivity contribution in [3.05, 3.63) is 49.2 Å². The maximum Gasteiger partial charge on any atom is 0.233 e. The molecule has 176 valence electrons. The minimum atomic E-state index is -1.21. The van der Waals surface area contributed by atoms with Gasteiger partial charge in [0, 0.05) is 53.9 Å². The number of imidazole rings is 1. The van der Waals surface area contributed by atoms with Crippen molar-refractivity contribution in [3.63, 3.8) is 0 Å². The summed E-state index contributed by atoms with van der Waals surface area (Å²) < 4.78 is 22.7. The van der Waals surface area contributed by atoms with Crippen LogP contribution in [0.25, 0.3) is 28.3 Å². The molecule has 0 aliphatic carbocycles. The Morgan fingerprint density at radius 3 is 2.65 bits per heavy atom. The van der Waals surface area contributed by atoms with E-state index in [0.717, 1.165) is 5.65 Å². The maximum atomic E-state index is 15.0. The Balaban J connectivity index is 1.35. The molecule has 2 N–H and O–H groups in total. The van der Waals surface area contributed by atoms with Gasteiger partial charge in [-0.1, -0.05) is 0 Å². The second kappa shape index (κ2) is 7.98. The zero-order chi connectivity index (χ0) is 24.1. The van der Waals surface area contributed by atoms with Crippen LogP contribution in [0.15, 0.2) is 49.2 Å². The lowest BCUT2D eigenvalue weighted by Crippen LogP contribution is -2.66. The largest absolute Gasteiger partial charge is 0.506 e. The number of alkyl halides is 1. The van der Waals surface area contributed by atoms with Gasteiger partial charge in [0.25, 0.3) is 0 Å². The predicted molar refractivity (Wildman–Crippen MR) is 124 cm³/mol. The van der Waals surface area contributed by atoms with Crippen LogP contribution in [0.2, 0.25) is 0 Å². The molecule has 0 spiro atoms. The molecule has 5 rings (SSSR count). The molecule has 0 saturated carbocycles. The SMILES string of the molecule is CC1(C)C[C@H](Oc2ccc(-c3ncc(-c4cn5ccnc5cn4)cc3O)nn2)[C@H](F)C(C)(C)N1.